The van der Waals surface area contributed by atoms with Crippen LogP contribution in [-0.2, 0) is 11.2 Å². The molecule has 0 saturated carbocycles. The van der Waals surface area contributed by atoms with Crippen molar-refractivity contribution in [2.24, 2.45) is 0 Å². The zero-order valence-electron chi connectivity index (χ0n) is 18.7. The van der Waals surface area contributed by atoms with Crippen molar-refractivity contribution in [3.05, 3.63) is 41.1 Å². The molecule has 0 radical (unpaired) electrons. The van der Waals surface area contributed by atoms with Gasteiger partial charge in [-0.05, 0) is 31.9 Å². The number of benzene rings is 1. The lowest BCUT2D eigenvalue weighted by Crippen LogP contribution is -2.18. The summed E-state index contributed by atoms with van der Waals surface area (Å²) in [6.45, 7) is 6.90. The van der Waals surface area contributed by atoms with Crippen molar-refractivity contribution in [1.82, 2.24) is 4.98 Å². The van der Waals surface area contributed by atoms with Crippen LogP contribution in [0.5, 0.6) is 11.6 Å². The van der Waals surface area contributed by atoms with Crippen LogP contribution in [-0.4, -0.2) is 42.9 Å². The fourth-order valence-corrected chi connectivity index (χ4v) is 3.72. The molecule has 0 spiro atoms. The number of Topliss-reactive ketones (excluding diaryl/α,β-unsaturated/α-hetero) is 1. The van der Waals surface area contributed by atoms with E-state index in [4.69, 9.17) is 19.6 Å². The molecule has 0 aliphatic carbocycles. The number of hydrogen-bond donors (Lipinski definition) is 2. The SMILES string of the molecule is CCCC(=O)c1c(Nc2cccc(C(C)=N)c2OC)cc(OC2CCOC2)nc1CC. The van der Waals surface area contributed by atoms with Crippen molar-refractivity contribution < 1.29 is 19.0 Å². The second-order valence-electron chi connectivity index (χ2n) is 7.60. The summed E-state index contributed by atoms with van der Waals surface area (Å²) in [5.74, 6) is 1.08. The van der Waals surface area contributed by atoms with Gasteiger partial charge in [0.15, 0.2) is 11.5 Å². The van der Waals surface area contributed by atoms with Crippen molar-refractivity contribution in [1.29, 1.82) is 5.41 Å². The smallest absolute Gasteiger partial charge is 0.215 e. The molecule has 1 saturated heterocycles. The third-order valence-electron chi connectivity index (χ3n) is 5.23. The number of nitrogens with one attached hydrogen (secondary N) is 2. The van der Waals surface area contributed by atoms with Gasteiger partial charge in [-0.1, -0.05) is 19.9 Å². The second kappa shape index (κ2) is 10.4. The molecule has 31 heavy (non-hydrogen) atoms. The largest absolute Gasteiger partial charge is 0.494 e. The van der Waals surface area contributed by atoms with Crippen molar-refractivity contribution >= 4 is 22.9 Å². The lowest BCUT2D eigenvalue weighted by molar-refractivity contribution is 0.0981. The monoisotopic (exact) mass is 425 g/mol. The molecule has 2 aromatic rings. The molecular formula is C24H31N3O4. The number of nitrogens with zero attached hydrogens (tertiary/aromatic N) is 1. The van der Waals surface area contributed by atoms with Gasteiger partial charge in [-0.3, -0.25) is 4.79 Å². The molecule has 1 fully saturated rings. The number of rotatable bonds is 10. The predicted molar refractivity (Wildman–Crippen MR) is 121 cm³/mol. The van der Waals surface area contributed by atoms with E-state index in [1.165, 1.54) is 0 Å². The number of pyridine rings is 1. The van der Waals surface area contributed by atoms with Gasteiger partial charge >= 0.3 is 0 Å². The van der Waals surface area contributed by atoms with Crippen LogP contribution in [0.15, 0.2) is 24.3 Å². The quantitative estimate of drug-likeness (QED) is 0.414. The van der Waals surface area contributed by atoms with Crippen LogP contribution in [0.2, 0.25) is 0 Å². The topological polar surface area (TPSA) is 93.5 Å². The van der Waals surface area contributed by atoms with Crippen molar-refractivity contribution in [3.63, 3.8) is 0 Å². The molecule has 3 rings (SSSR count). The average molecular weight is 426 g/mol. The van der Waals surface area contributed by atoms with E-state index in [0.717, 1.165) is 12.8 Å². The van der Waals surface area contributed by atoms with Gasteiger partial charge < -0.3 is 24.9 Å². The Balaban J connectivity index is 2.08. The molecule has 0 amide bonds. The summed E-state index contributed by atoms with van der Waals surface area (Å²) in [7, 11) is 1.58. The number of aromatic nitrogens is 1. The summed E-state index contributed by atoms with van der Waals surface area (Å²) < 4.78 is 17.1. The van der Waals surface area contributed by atoms with E-state index in [1.54, 1.807) is 20.1 Å². The highest BCUT2D eigenvalue weighted by atomic mass is 16.5. The number of para-hydroxylation sites is 1. The molecule has 1 unspecified atom stereocenters. The fraction of sp³-hybridized carbons (Fsp3) is 0.458. The Morgan fingerprint density at radius 1 is 1.32 bits per heavy atom. The fourth-order valence-electron chi connectivity index (χ4n) is 3.72. The zero-order valence-corrected chi connectivity index (χ0v) is 18.7. The van der Waals surface area contributed by atoms with Crippen LogP contribution < -0.4 is 14.8 Å². The molecule has 1 atom stereocenters. The molecule has 1 aliphatic heterocycles. The van der Waals surface area contributed by atoms with Crippen LogP contribution in [0.4, 0.5) is 11.4 Å². The highest BCUT2D eigenvalue weighted by molar-refractivity contribution is 6.04. The Labute approximate surface area is 183 Å². The molecule has 1 aliphatic rings. The molecule has 7 heteroatoms. The molecule has 166 valence electrons. The normalized spacial score (nSPS) is 15.5. The van der Waals surface area contributed by atoms with Crippen LogP contribution in [0.1, 0.15) is 61.6 Å². The van der Waals surface area contributed by atoms with Gasteiger partial charge in [-0.25, -0.2) is 4.98 Å². The summed E-state index contributed by atoms with van der Waals surface area (Å²) >= 11 is 0. The maximum atomic E-state index is 13.0. The van der Waals surface area contributed by atoms with Gasteiger partial charge in [-0.15, -0.1) is 0 Å². The summed E-state index contributed by atoms with van der Waals surface area (Å²) in [6.07, 6.45) is 2.58. The third-order valence-corrected chi connectivity index (χ3v) is 5.23. The van der Waals surface area contributed by atoms with E-state index in [0.29, 0.717) is 71.6 Å². The number of aryl methyl sites for hydroxylation is 1. The van der Waals surface area contributed by atoms with Crippen molar-refractivity contribution in [3.8, 4) is 11.6 Å². The maximum absolute atomic E-state index is 13.0. The Morgan fingerprint density at radius 2 is 2.13 bits per heavy atom. The zero-order chi connectivity index (χ0) is 22.4. The van der Waals surface area contributed by atoms with Crippen LogP contribution in [0.25, 0.3) is 0 Å². The van der Waals surface area contributed by atoms with Crippen molar-refractivity contribution in [2.45, 2.75) is 52.6 Å². The first-order valence-corrected chi connectivity index (χ1v) is 10.8. The molecule has 2 N–H and O–H groups in total. The predicted octanol–water partition coefficient (Wildman–Crippen LogP) is 4.93. The van der Waals surface area contributed by atoms with Crippen LogP contribution in [0, 0.1) is 5.41 Å². The van der Waals surface area contributed by atoms with E-state index in [-0.39, 0.29) is 11.9 Å². The minimum absolute atomic E-state index is 0.0410. The first kappa shape index (κ1) is 22.7. The minimum Gasteiger partial charge on any atom is -0.494 e. The van der Waals surface area contributed by atoms with Crippen LogP contribution >= 0.6 is 0 Å². The number of carbonyl (C=O) groups excluding carboxylic acids is 1. The summed E-state index contributed by atoms with van der Waals surface area (Å²) in [6, 6.07) is 7.36. The van der Waals surface area contributed by atoms with Gasteiger partial charge in [0, 0.05) is 30.2 Å². The molecule has 2 heterocycles. The number of carbonyl (C=O) groups is 1. The average Bonchev–Trinajstić information content (AvgIpc) is 3.26. The lowest BCUT2D eigenvalue weighted by Gasteiger charge is -2.20. The number of anilines is 2. The highest BCUT2D eigenvalue weighted by Crippen LogP contribution is 2.35. The lowest BCUT2D eigenvalue weighted by atomic mass is 10.0. The molecule has 0 bridgehead atoms. The molecular weight excluding hydrogens is 394 g/mol. The summed E-state index contributed by atoms with van der Waals surface area (Å²) in [5, 5.41) is 11.4. The Morgan fingerprint density at radius 3 is 2.74 bits per heavy atom. The Bertz CT molecular complexity index is 952. The number of ketones is 1. The number of ether oxygens (including phenoxy) is 3. The first-order chi connectivity index (χ1) is 15.0. The Hall–Kier alpha value is -2.93. The minimum atomic E-state index is -0.0410. The van der Waals surface area contributed by atoms with E-state index in [1.807, 2.05) is 32.0 Å². The standard InChI is InChI=1S/C24H31N3O4/c1-5-8-21(28)23-18(6-2)27-22(31-16-11-12-30-14-16)13-20(23)26-19-10-7-9-17(15(3)25)24(19)29-4/h7,9-10,13,16,25H,5-6,8,11-12,14H2,1-4H3,(H,26,27). The third kappa shape index (κ3) is 5.22. The van der Waals surface area contributed by atoms with Gasteiger partial charge in [0.05, 0.1) is 43.0 Å². The van der Waals surface area contributed by atoms with E-state index in [9.17, 15) is 4.79 Å². The van der Waals surface area contributed by atoms with Gasteiger partial charge in [0.1, 0.15) is 6.10 Å². The van der Waals surface area contributed by atoms with Gasteiger partial charge in [-0.2, -0.15) is 0 Å². The molecule has 1 aromatic heterocycles. The van der Waals surface area contributed by atoms with Crippen LogP contribution in [0.3, 0.4) is 0 Å². The Kier molecular flexibility index (Phi) is 7.63. The summed E-state index contributed by atoms with van der Waals surface area (Å²) in [5.41, 5.74) is 3.70. The highest BCUT2D eigenvalue weighted by Gasteiger charge is 2.23. The number of methoxy groups -OCH3 is 1. The molecule has 1 aromatic carbocycles. The van der Waals surface area contributed by atoms with E-state index in [2.05, 4.69) is 10.3 Å². The summed E-state index contributed by atoms with van der Waals surface area (Å²) in [4.78, 5) is 17.7. The maximum Gasteiger partial charge on any atom is 0.215 e. The van der Waals surface area contributed by atoms with E-state index < -0.39 is 0 Å². The van der Waals surface area contributed by atoms with Crippen molar-refractivity contribution in [2.75, 3.05) is 25.6 Å². The number of hydrogen-bond acceptors (Lipinski definition) is 7. The van der Waals surface area contributed by atoms with Gasteiger partial charge in [0.25, 0.3) is 0 Å². The first-order valence-electron chi connectivity index (χ1n) is 10.8. The second-order valence-corrected chi connectivity index (χ2v) is 7.60. The molecule has 7 nitrogen and oxygen atoms in total. The van der Waals surface area contributed by atoms with E-state index >= 15 is 0 Å². The van der Waals surface area contributed by atoms with Gasteiger partial charge in [0.2, 0.25) is 5.88 Å².